The maximum absolute atomic E-state index is 9.73. The van der Waals surface area contributed by atoms with Gasteiger partial charge in [0, 0.05) is 50.2 Å². The van der Waals surface area contributed by atoms with Crippen LogP contribution >= 0.6 is 0 Å². The Balaban J connectivity index is 1.39. The zero-order valence-electron chi connectivity index (χ0n) is 15.6. The van der Waals surface area contributed by atoms with Gasteiger partial charge in [0.05, 0.1) is 12.7 Å². The second-order valence-electron chi connectivity index (χ2n) is 7.41. The van der Waals surface area contributed by atoms with Crippen molar-refractivity contribution in [1.82, 2.24) is 24.8 Å². The maximum atomic E-state index is 9.73. The topological polar surface area (TPSA) is 87.0 Å². The number of ether oxygens (including phenoxy) is 1. The number of piperidine rings is 1. The summed E-state index contributed by atoms with van der Waals surface area (Å²) >= 11 is 0. The SMILES string of the molecule is Oc1cccc(Nc2ncnn3ccc(CN4CC[C@H]5NCCO[C@@H]5C4)c23)c1. The number of aromatic nitrogens is 3. The van der Waals surface area contributed by atoms with Crippen molar-refractivity contribution in [3.05, 3.63) is 48.4 Å². The van der Waals surface area contributed by atoms with Crippen molar-refractivity contribution in [2.24, 2.45) is 0 Å². The molecule has 1 aromatic carbocycles. The van der Waals surface area contributed by atoms with Crippen LogP contribution in [0.2, 0.25) is 0 Å². The summed E-state index contributed by atoms with van der Waals surface area (Å²) in [6.07, 6.45) is 4.86. The Morgan fingerprint density at radius 1 is 1.32 bits per heavy atom. The Morgan fingerprint density at radius 2 is 2.29 bits per heavy atom. The number of hydrogen-bond acceptors (Lipinski definition) is 7. The summed E-state index contributed by atoms with van der Waals surface area (Å²) in [5.41, 5.74) is 2.91. The van der Waals surface area contributed by atoms with Crippen LogP contribution in [0.15, 0.2) is 42.9 Å². The normalized spacial score (nSPS) is 22.9. The molecule has 0 amide bonds. The number of phenols is 1. The van der Waals surface area contributed by atoms with Gasteiger partial charge in [0.25, 0.3) is 0 Å². The molecular weight excluding hydrogens is 356 g/mol. The standard InChI is InChI=1S/C20H24N6O2/c27-16-3-1-2-15(10-16)24-20-19-14(4-8-26(19)23-13-22-20)11-25-7-5-17-18(12-25)28-9-6-21-17/h1-4,8,10,13,17-18,21,27H,5-7,9,11-12H2,(H,22,23,24)/t17-,18-/m1/s1. The van der Waals surface area contributed by atoms with Crippen LogP contribution in [0.1, 0.15) is 12.0 Å². The number of nitrogens with one attached hydrogen (secondary N) is 2. The Kier molecular flexibility index (Phi) is 4.59. The minimum absolute atomic E-state index is 0.217. The van der Waals surface area contributed by atoms with Crippen LogP contribution in [-0.2, 0) is 11.3 Å². The summed E-state index contributed by atoms with van der Waals surface area (Å²) in [6, 6.07) is 9.61. The van der Waals surface area contributed by atoms with Crippen LogP contribution in [0.3, 0.4) is 0 Å². The summed E-state index contributed by atoms with van der Waals surface area (Å²) in [5, 5.41) is 20.9. The fourth-order valence-corrected chi connectivity index (χ4v) is 4.18. The molecule has 0 radical (unpaired) electrons. The van der Waals surface area contributed by atoms with Crippen molar-refractivity contribution in [3.8, 4) is 5.75 Å². The first-order chi connectivity index (χ1) is 13.8. The molecule has 0 saturated carbocycles. The van der Waals surface area contributed by atoms with E-state index in [2.05, 4.69) is 31.7 Å². The molecule has 2 fully saturated rings. The maximum Gasteiger partial charge on any atom is 0.158 e. The number of anilines is 2. The van der Waals surface area contributed by atoms with Gasteiger partial charge in [0.2, 0.25) is 0 Å². The van der Waals surface area contributed by atoms with Gasteiger partial charge in [-0.3, -0.25) is 4.90 Å². The average molecular weight is 380 g/mol. The Hall–Kier alpha value is -2.68. The number of benzene rings is 1. The third kappa shape index (κ3) is 3.42. The minimum atomic E-state index is 0.217. The van der Waals surface area contributed by atoms with Crippen molar-refractivity contribution < 1.29 is 9.84 Å². The molecule has 146 valence electrons. The summed E-state index contributed by atoms with van der Waals surface area (Å²) < 4.78 is 7.81. The fourth-order valence-electron chi connectivity index (χ4n) is 4.18. The molecule has 0 aliphatic carbocycles. The molecule has 8 nitrogen and oxygen atoms in total. The van der Waals surface area contributed by atoms with Crippen molar-refractivity contribution in [2.75, 3.05) is 31.6 Å². The Morgan fingerprint density at radius 3 is 3.21 bits per heavy atom. The molecule has 8 heteroatoms. The van der Waals surface area contributed by atoms with Crippen LogP contribution < -0.4 is 10.6 Å². The largest absolute Gasteiger partial charge is 0.508 e. The van der Waals surface area contributed by atoms with Gasteiger partial charge >= 0.3 is 0 Å². The van der Waals surface area contributed by atoms with E-state index in [9.17, 15) is 5.11 Å². The van der Waals surface area contributed by atoms with Gasteiger partial charge in [-0.1, -0.05) is 6.07 Å². The van der Waals surface area contributed by atoms with Gasteiger partial charge in [-0.15, -0.1) is 0 Å². The van der Waals surface area contributed by atoms with Crippen molar-refractivity contribution in [1.29, 1.82) is 0 Å². The molecule has 2 aliphatic heterocycles. The molecule has 2 aliphatic rings. The van der Waals surface area contributed by atoms with Crippen molar-refractivity contribution in [2.45, 2.75) is 25.1 Å². The molecule has 0 spiro atoms. The second-order valence-corrected chi connectivity index (χ2v) is 7.41. The lowest BCUT2D eigenvalue weighted by Gasteiger charge is -2.41. The van der Waals surface area contributed by atoms with Gasteiger partial charge in [0.1, 0.15) is 17.6 Å². The molecule has 3 aromatic rings. The van der Waals surface area contributed by atoms with Gasteiger partial charge in [-0.05, 0) is 30.2 Å². The first-order valence-electron chi connectivity index (χ1n) is 9.71. The predicted molar refractivity (Wildman–Crippen MR) is 106 cm³/mol. The molecule has 3 N–H and O–H groups in total. The lowest BCUT2D eigenvalue weighted by atomic mass is 10.00. The highest BCUT2D eigenvalue weighted by molar-refractivity contribution is 5.76. The molecule has 2 aromatic heterocycles. The second kappa shape index (κ2) is 7.38. The van der Waals surface area contributed by atoms with Crippen LogP contribution in [0.4, 0.5) is 11.5 Å². The molecule has 5 rings (SSSR count). The van der Waals surface area contributed by atoms with E-state index >= 15 is 0 Å². The number of likely N-dealkylation sites (tertiary alicyclic amines) is 1. The van der Waals surface area contributed by atoms with E-state index in [1.165, 1.54) is 11.9 Å². The molecule has 0 unspecified atom stereocenters. The number of hydrogen-bond donors (Lipinski definition) is 3. The highest BCUT2D eigenvalue weighted by atomic mass is 16.5. The molecule has 0 bridgehead atoms. The lowest BCUT2D eigenvalue weighted by molar-refractivity contribution is -0.0488. The van der Waals surface area contributed by atoms with Crippen LogP contribution in [0.5, 0.6) is 5.75 Å². The highest BCUT2D eigenvalue weighted by Crippen LogP contribution is 2.27. The number of nitrogens with zero attached hydrogens (tertiary/aromatic N) is 4. The summed E-state index contributed by atoms with van der Waals surface area (Å²) in [4.78, 5) is 6.88. The average Bonchev–Trinajstić information content (AvgIpc) is 3.12. The summed E-state index contributed by atoms with van der Waals surface area (Å²) in [5.74, 6) is 0.945. The third-order valence-electron chi connectivity index (χ3n) is 5.52. The molecule has 2 saturated heterocycles. The number of rotatable bonds is 4. The third-order valence-corrected chi connectivity index (χ3v) is 5.52. The smallest absolute Gasteiger partial charge is 0.158 e. The molecular formula is C20H24N6O2. The zero-order chi connectivity index (χ0) is 18.9. The van der Waals surface area contributed by atoms with E-state index in [1.54, 1.807) is 18.2 Å². The van der Waals surface area contributed by atoms with Gasteiger partial charge < -0.3 is 20.5 Å². The van der Waals surface area contributed by atoms with Crippen LogP contribution in [0.25, 0.3) is 5.52 Å². The monoisotopic (exact) mass is 380 g/mol. The molecule has 28 heavy (non-hydrogen) atoms. The number of morpholine rings is 1. The molecule has 2 atom stereocenters. The van der Waals surface area contributed by atoms with E-state index in [0.29, 0.717) is 6.04 Å². The van der Waals surface area contributed by atoms with Gasteiger partial charge in [-0.25, -0.2) is 9.50 Å². The highest BCUT2D eigenvalue weighted by Gasteiger charge is 2.32. The minimum Gasteiger partial charge on any atom is -0.508 e. The number of fused-ring (bicyclic) bond motifs is 2. The first kappa shape index (κ1) is 17.4. The Bertz CT molecular complexity index is 974. The van der Waals surface area contributed by atoms with Gasteiger partial charge in [0.15, 0.2) is 5.82 Å². The van der Waals surface area contributed by atoms with Crippen LogP contribution in [0, 0.1) is 0 Å². The summed E-state index contributed by atoms with van der Waals surface area (Å²) in [6.45, 7) is 4.53. The van der Waals surface area contributed by atoms with E-state index < -0.39 is 0 Å². The van der Waals surface area contributed by atoms with Crippen molar-refractivity contribution in [3.63, 3.8) is 0 Å². The predicted octanol–water partition coefficient (Wildman–Crippen LogP) is 1.74. The summed E-state index contributed by atoms with van der Waals surface area (Å²) in [7, 11) is 0. The Labute approximate surface area is 163 Å². The molecule has 4 heterocycles. The van der Waals surface area contributed by atoms with E-state index in [0.717, 1.165) is 56.2 Å². The zero-order valence-corrected chi connectivity index (χ0v) is 15.6. The van der Waals surface area contributed by atoms with Crippen LogP contribution in [-0.4, -0.2) is 63.0 Å². The number of aromatic hydroxyl groups is 1. The van der Waals surface area contributed by atoms with Gasteiger partial charge in [-0.2, -0.15) is 5.10 Å². The first-order valence-corrected chi connectivity index (χ1v) is 9.71. The van der Waals surface area contributed by atoms with E-state index in [1.807, 2.05) is 16.8 Å². The lowest BCUT2D eigenvalue weighted by Crippen LogP contribution is -2.57. The number of phenolic OH excluding ortho intramolecular Hbond substituents is 1. The van der Waals surface area contributed by atoms with E-state index in [4.69, 9.17) is 4.74 Å². The quantitative estimate of drug-likeness (QED) is 0.636. The van der Waals surface area contributed by atoms with E-state index in [-0.39, 0.29) is 11.9 Å². The fraction of sp³-hybridized carbons (Fsp3) is 0.400. The van der Waals surface area contributed by atoms with Crippen molar-refractivity contribution >= 4 is 17.0 Å².